The van der Waals surface area contributed by atoms with Crippen LogP contribution in [0.25, 0.3) is 16.1 Å². The summed E-state index contributed by atoms with van der Waals surface area (Å²) in [5.41, 5.74) is 4.25. The molecule has 0 amide bonds. The normalized spacial score (nSPS) is 15.7. The zero-order chi connectivity index (χ0) is 25.0. The number of rotatable bonds is 4. The van der Waals surface area contributed by atoms with Crippen molar-refractivity contribution in [3.8, 4) is 16.1 Å². The fourth-order valence-electron chi connectivity index (χ4n) is 4.35. The van der Waals surface area contributed by atoms with E-state index in [4.69, 9.17) is 4.99 Å². The van der Waals surface area contributed by atoms with Crippen LogP contribution in [-0.2, 0) is 4.79 Å². The van der Waals surface area contributed by atoms with Crippen LogP contribution in [0.1, 0.15) is 46.2 Å². The van der Waals surface area contributed by atoms with Crippen molar-refractivity contribution in [1.82, 2.24) is 14.8 Å². The molecule has 2 atom stereocenters. The average molecular weight is 493 g/mol. The fourth-order valence-corrected chi connectivity index (χ4v) is 5.56. The summed E-state index contributed by atoms with van der Waals surface area (Å²) in [5, 5.41) is 19.2. The van der Waals surface area contributed by atoms with Crippen molar-refractivity contribution in [1.29, 1.82) is 0 Å². The van der Waals surface area contributed by atoms with Crippen molar-refractivity contribution in [2.45, 2.75) is 33.7 Å². The molecule has 6 nitrogen and oxygen atoms in total. The van der Waals surface area contributed by atoms with Gasteiger partial charge in [0.05, 0.1) is 11.6 Å². The molecule has 1 N–H and O–H groups in total. The SMILES string of the molecule is Cc1sc2c(c1C)C(c1ccc(-c3ccc(F)cc3F)cc1)=N[C@@H](C(C)C(=O)O)c1nnc(C)n1-2. The van der Waals surface area contributed by atoms with Gasteiger partial charge in [0, 0.05) is 27.6 Å². The van der Waals surface area contributed by atoms with Crippen molar-refractivity contribution >= 4 is 23.0 Å². The van der Waals surface area contributed by atoms with Crippen LogP contribution in [0.2, 0.25) is 0 Å². The van der Waals surface area contributed by atoms with E-state index in [1.807, 2.05) is 37.5 Å². The van der Waals surface area contributed by atoms with Crippen molar-refractivity contribution in [3.05, 3.63) is 87.3 Å². The Bertz CT molecular complexity index is 1500. The number of thiophene rings is 1. The van der Waals surface area contributed by atoms with E-state index < -0.39 is 29.6 Å². The van der Waals surface area contributed by atoms with Gasteiger partial charge >= 0.3 is 5.97 Å². The van der Waals surface area contributed by atoms with Gasteiger partial charge in [0.25, 0.3) is 0 Å². The van der Waals surface area contributed by atoms with Crippen LogP contribution in [0.15, 0.2) is 47.5 Å². The average Bonchev–Trinajstić information content (AvgIpc) is 3.28. The van der Waals surface area contributed by atoms with E-state index in [-0.39, 0.29) is 0 Å². The molecule has 0 aliphatic carbocycles. The van der Waals surface area contributed by atoms with Crippen molar-refractivity contribution in [2.75, 3.05) is 0 Å². The molecule has 4 aromatic rings. The van der Waals surface area contributed by atoms with Crippen molar-refractivity contribution < 1.29 is 18.7 Å². The summed E-state index contributed by atoms with van der Waals surface area (Å²) >= 11 is 1.59. The van der Waals surface area contributed by atoms with Gasteiger partial charge < -0.3 is 5.11 Å². The van der Waals surface area contributed by atoms with Crippen LogP contribution < -0.4 is 0 Å². The lowest BCUT2D eigenvalue weighted by Crippen LogP contribution is -2.21. The van der Waals surface area contributed by atoms with Gasteiger partial charge in [0.2, 0.25) is 0 Å². The molecule has 0 fully saturated rings. The zero-order valence-electron chi connectivity index (χ0n) is 19.5. The predicted octanol–water partition coefficient (Wildman–Crippen LogP) is 5.81. The maximum absolute atomic E-state index is 14.3. The molecule has 0 bridgehead atoms. The van der Waals surface area contributed by atoms with E-state index >= 15 is 0 Å². The number of carbonyl (C=O) groups is 1. The monoisotopic (exact) mass is 492 g/mol. The highest BCUT2D eigenvalue weighted by Crippen LogP contribution is 2.40. The Hall–Kier alpha value is -3.72. The molecule has 2 aromatic heterocycles. The number of benzene rings is 2. The van der Waals surface area contributed by atoms with E-state index in [0.29, 0.717) is 28.5 Å². The summed E-state index contributed by atoms with van der Waals surface area (Å²) in [7, 11) is 0. The highest BCUT2D eigenvalue weighted by atomic mass is 32.1. The highest BCUT2D eigenvalue weighted by molar-refractivity contribution is 7.15. The number of hydrogen-bond acceptors (Lipinski definition) is 5. The maximum Gasteiger partial charge on any atom is 0.308 e. The Morgan fingerprint density at radius 2 is 1.74 bits per heavy atom. The number of carboxylic acid groups (broad SMARTS) is 1. The lowest BCUT2D eigenvalue weighted by molar-refractivity contribution is -0.141. The second-order valence-electron chi connectivity index (χ2n) is 8.66. The van der Waals surface area contributed by atoms with Crippen LogP contribution in [0.5, 0.6) is 0 Å². The Labute approximate surface area is 204 Å². The first-order valence-corrected chi connectivity index (χ1v) is 11.9. The zero-order valence-corrected chi connectivity index (χ0v) is 20.3. The largest absolute Gasteiger partial charge is 0.481 e. The molecule has 9 heteroatoms. The number of aryl methyl sites for hydroxylation is 2. The van der Waals surface area contributed by atoms with E-state index in [1.165, 1.54) is 12.1 Å². The van der Waals surface area contributed by atoms with E-state index in [2.05, 4.69) is 10.2 Å². The molecule has 2 aromatic carbocycles. The van der Waals surface area contributed by atoms with Crippen molar-refractivity contribution in [3.63, 3.8) is 0 Å². The van der Waals surface area contributed by atoms with Crippen LogP contribution in [0.4, 0.5) is 8.78 Å². The van der Waals surface area contributed by atoms with Crippen LogP contribution in [0.3, 0.4) is 0 Å². The molecule has 178 valence electrons. The van der Waals surface area contributed by atoms with Gasteiger partial charge in [-0.25, -0.2) is 8.78 Å². The number of hydrogen-bond donors (Lipinski definition) is 1. The van der Waals surface area contributed by atoms with Gasteiger partial charge in [-0.05, 0) is 51.0 Å². The Morgan fingerprint density at radius 1 is 1.06 bits per heavy atom. The molecule has 35 heavy (non-hydrogen) atoms. The highest BCUT2D eigenvalue weighted by Gasteiger charge is 2.36. The molecular weight excluding hydrogens is 470 g/mol. The molecule has 3 heterocycles. The molecule has 1 unspecified atom stereocenters. The number of aliphatic carboxylic acids is 1. The third kappa shape index (κ3) is 3.76. The third-order valence-corrected chi connectivity index (χ3v) is 7.65. The Balaban J connectivity index is 1.71. The van der Waals surface area contributed by atoms with Gasteiger partial charge in [-0.2, -0.15) is 0 Å². The lowest BCUT2D eigenvalue weighted by Gasteiger charge is -2.16. The summed E-state index contributed by atoms with van der Waals surface area (Å²) in [6.07, 6.45) is 0. The summed E-state index contributed by atoms with van der Waals surface area (Å²) in [6.45, 7) is 7.50. The van der Waals surface area contributed by atoms with E-state index in [1.54, 1.807) is 30.4 Å². The van der Waals surface area contributed by atoms with Crippen LogP contribution in [0, 0.1) is 38.3 Å². The van der Waals surface area contributed by atoms with Crippen molar-refractivity contribution in [2.24, 2.45) is 10.9 Å². The Morgan fingerprint density at radius 3 is 2.40 bits per heavy atom. The summed E-state index contributed by atoms with van der Waals surface area (Å²) < 4.78 is 29.6. The third-order valence-electron chi connectivity index (χ3n) is 6.45. The second kappa shape index (κ2) is 8.49. The first-order chi connectivity index (χ1) is 16.7. The van der Waals surface area contributed by atoms with Gasteiger partial charge in [-0.3, -0.25) is 14.4 Å². The second-order valence-corrected chi connectivity index (χ2v) is 9.86. The smallest absolute Gasteiger partial charge is 0.308 e. The van der Waals surface area contributed by atoms with Gasteiger partial charge in [0.1, 0.15) is 28.5 Å². The summed E-state index contributed by atoms with van der Waals surface area (Å²) in [6, 6.07) is 9.91. The Kier molecular flexibility index (Phi) is 5.59. The van der Waals surface area contributed by atoms with Crippen LogP contribution >= 0.6 is 11.3 Å². The topological polar surface area (TPSA) is 80.4 Å². The number of nitrogens with zero attached hydrogens (tertiary/aromatic N) is 4. The molecular formula is C26H22F2N4O2S. The summed E-state index contributed by atoms with van der Waals surface area (Å²) in [5.74, 6) is -1.95. The molecule has 5 rings (SSSR count). The molecule has 1 aliphatic heterocycles. The van der Waals surface area contributed by atoms with Gasteiger partial charge in [-0.1, -0.05) is 24.3 Å². The number of halogens is 2. The van der Waals surface area contributed by atoms with E-state index in [9.17, 15) is 18.7 Å². The lowest BCUT2D eigenvalue weighted by atomic mass is 9.96. The molecule has 0 saturated carbocycles. The molecule has 1 aliphatic rings. The predicted molar refractivity (Wildman–Crippen MR) is 130 cm³/mol. The maximum atomic E-state index is 14.3. The molecule has 0 spiro atoms. The van der Waals surface area contributed by atoms with E-state index in [0.717, 1.165) is 32.6 Å². The van der Waals surface area contributed by atoms with Gasteiger partial charge in [-0.15, -0.1) is 21.5 Å². The minimum Gasteiger partial charge on any atom is -0.481 e. The van der Waals surface area contributed by atoms with Crippen LogP contribution in [-0.4, -0.2) is 31.6 Å². The number of carboxylic acids is 1. The quantitative estimate of drug-likeness (QED) is 0.390. The summed E-state index contributed by atoms with van der Waals surface area (Å²) in [4.78, 5) is 18.0. The minimum absolute atomic E-state index is 0.295. The number of aromatic nitrogens is 3. The fraction of sp³-hybridized carbons (Fsp3) is 0.231. The molecule has 0 saturated heterocycles. The standard InChI is InChI=1S/C26H22F2N4O2S/c1-12-14(3)35-25-21(12)23(29-22(13(2)26(33)34)24-31-30-15(4)32(24)25)17-7-5-16(6-8-17)19-10-9-18(27)11-20(19)28/h5-11,13,22H,1-4H3,(H,33,34)/t13?,22-/m0/s1. The molecule has 0 radical (unpaired) electrons. The minimum atomic E-state index is -0.981. The van der Waals surface area contributed by atoms with Gasteiger partial charge in [0.15, 0.2) is 5.82 Å². The first kappa shape index (κ1) is 23.0. The first-order valence-electron chi connectivity index (χ1n) is 11.1. The number of aliphatic imine (C=N–C) groups is 1. The number of fused-ring (bicyclic) bond motifs is 3.